The van der Waals surface area contributed by atoms with E-state index >= 15 is 0 Å². The first-order valence-electron chi connectivity index (χ1n) is 11.7. The molecule has 3 aromatic rings. The van der Waals surface area contributed by atoms with Crippen molar-refractivity contribution in [1.82, 2.24) is 29.7 Å². The van der Waals surface area contributed by atoms with Crippen LogP contribution in [0.15, 0.2) is 18.5 Å². The molecule has 6 rings (SSSR count). The van der Waals surface area contributed by atoms with E-state index < -0.39 is 12.1 Å². The number of fused-ring (bicyclic) bond motifs is 1. The van der Waals surface area contributed by atoms with Gasteiger partial charge in [-0.25, -0.2) is 15.0 Å². The van der Waals surface area contributed by atoms with Crippen LogP contribution in [0.4, 0.5) is 19.1 Å². The Hall–Kier alpha value is -2.82. The lowest BCUT2D eigenvalue weighted by Gasteiger charge is -2.36. The van der Waals surface area contributed by atoms with Gasteiger partial charge in [0.2, 0.25) is 5.95 Å². The van der Waals surface area contributed by atoms with Crippen LogP contribution < -0.4 is 4.90 Å². The topological polar surface area (TPSA) is 81.8 Å². The molecule has 0 amide bonds. The molecule has 0 N–H and O–H groups in total. The average Bonchev–Trinajstić information content (AvgIpc) is 3.48. The lowest BCUT2D eigenvalue weighted by molar-refractivity contribution is -0.197. The van der Waals surface area contributed by atoms with Crippen LogP contribution in [0.2, 0.25) is 0 Å². The molecule has 4 heterocycles. The lowest BCUT2D eigenvalue weighted by atomic mass is 9.72. The van der Waals surface area contributed by atoms with Gasteiger partial charge in [0.1, 0.15) is 5.52 Å². The Labute approximate surface area is 195 Å². The smallest absolute Gasteiger partial charge is 0.378 e. The standard InChI is InChI=1S/C17H20F3N5O.C6H8N2/c1-9-10(2)22-15-14(21-9)13(11-7-12(8-11)17(18,19)20)23-16(24-15)25-3-5-26-6-4-25;1-4-7-8(5-1)6-2-3-6/h11-12H,3-8H2,1-2H3;1,4-6H,2-3H2. The van der Waals surface area contributed by atoms with Crippen LogP contribution in [-0.4, -0.2) is 62.2 Å². The minimum absolute atomic E-state index is 0.0484. The van der Waals surface area contributed by atoms with Gasteiger partial charge in [0.05, 0.1) is 42.3 Å². The van der Waals surface area contributed by atoms with Gasteiger partial charge in [0.25, 0.3) is 0 Å². The van der Waals surface area contributed by atoms with E-state index in [1.54, 1.807) is 0 Å². The van der Waals surface area contributed by atoms with Gasteiger partial charge in [-0.3, -0.25) is 4.68 Å². The lowest BCUT2D eigenvalue weighted by Crippen LogP contribution is -2.38. The Morgan fingerprint density at radius 3 is 2.29 bits per heavy atom. The molecule has 2 aliphatic carbocycles. The highest BCUT2D eigenvalue weighted by molar-refractivity contribution is 5.75. The second kappa shape index (κ2) is 9.09. The molecule has 182 valence electrons. The molecule has 0 aromatic carbocycles. The molecule has 8 nitrogen and oxygen atoms in total. The third-order valence-electron chi connectivity index (χ3n) is 6.68. The van der Waals surface area contributed by atoms with Crippen molar-refractivity contribution in [3.05, 3.63) is 35.5 Å². The van der Waals surface area contributed by atoms with Gasteiger partial charge in [0, 0.05) is 31.4 Å². The van der Waals surface area contributed by atoms with E-state index in [1.165, 1.54) is 12.8 Å². The van der Waals surface area contributed by atoms with Gasteiger partial charge < -0.3 is 9.64 Å². The summed E-state index contributed by atoms with van der Waals surface area (Å²) in [5, 5.41) is 4.09. The minimum atomic E-state index is -4.15. The highest BCUT2D eigenvalue weighted by Crippen LogP contribution is 2.50. The van der Waals surface area contributed by atoms with Crippen molar-refractivity contribution < 1.29 is 17.9 Å². The quantitative estimate of drug-likeness (QED) is 0.563. The van der Waals surface area contributed by atoms with Crippen molar-refractivity contribution in [1.29, 1.82) is 0 Å². The molecule has 3 fully saturated rings. The van der Waals surface area contributed by atoms with Crippen LogP contribution in [0.25, 0.3) is 11.2 Å². The Bertz CT molecular complexity index is 1140. The second-order valence-corrected chi connectivity index (χ2v) is 9.20. The number of ether oxygens (including phenoxy) is 1. The summed E-state index contributed by atoms with van der Waals surface area (Å²) in [4.78, 5) is 20.2. The Kier molecular flexibility index (Phi) is 6.13. The summed E-state index contributed by atoms with van der Waals surface area (Å²) >= 11 is 0. The summed E-state index contributed by atoms with van der Waals surface area (Å²) in [6, 6.07) is 2.71. The van der Waals surface area contributed by atoms with Gasteiger partial charge >= 0.3 is 6.18 Å². The number of halogens is 3. The molecule has 3 aromatic heterocycles. The zero-order valence-corrected chi connectivity index (χ0v) is 19.3. The fraction of sp³-hybridized carbons (Fsp3) is 0.609. The summed E-state index contributed by atoms with van der Waals surface area (Å²) in [7, 11) is 0. The van der Waals surface area contributed by atoms with Crippen molar-refractivity contribution in [3.8, 4) is 0 Å². The summed E-state index contributed by atoms with van der Waals surface area (Å²) in [6.45, 7) is 6.14. The maximum Gasteiger partial charge on any atom is 0.391 e. The molecular formula is C23H28F3N7O. The van der Waals surface area contributed by atoms with E-state index in [-0.39, 0.29) is 18.8 Å². The van der Waals surface area contributed by atoms with Crippen molar-refractivity contribution in [2.75, 3.05) is 31.2 Å². The number of hydrogen-bond acceptors (Lipinski definition) is 7. The summed E-state index contributed by atoms with van der Waals surface area (Å²) < 4.78 is 46.1. The number of anilines is 1. The first-order chi connectivity index (χ1) is 16.3. The fourth-order valence-electron chi connectivity index (χ4n) is 4.25. The van der Waals surface area contributed by atoms with Gasteiger partial charge in [-0.15, -0.1) is 0 Å². The first kappa shape index (κ1) is 22.9. The van der Waals surface area contributed by atoms with E-state index in [0.717, 1.165) is 17.4 Å². The molecule has 1 saturated heterocycles. The molecule has 11 heteroatoms. The molecule has 34 heavy (non-hydrogen) atoms. The van der Waals surface area contributed by atoms with E-state index in [1.807, 2.05) is 41.9 Å². The number of hydrogen-bond donors (Lipinski definition) is 0. The molecule has 0 unspecified atom stereocenters. The maximum atomic E-state index is 12.9. The monoisotopic (exact) mass is 475 g/mol. The van der Waals surface area contributed by atoms with Gasteiger partial charge in [-0.05, 0) is 45.6 Å². The fourth-order valence-corrected chi connectivity index (χ4v) is 4.25. The molecule has 1 aliphatic heterocycles. The zero-order chi connectivity index (χ0) is 23.9. The molecule has 0 atom stereocenters. The first-order valence-corrected chi connectivity index (χ1v) is 11.7. The number of aryl methyl sites for hydroxylation is 2. The molecule has 2 saturated carbocycles. The molecule has 0 spiro atoms. The third kappa shape index (κ3) is 4.84. The summed E-state index contributed by atoms with van der Waals surface area (Å²) in [5.41, 5.74) is 3.07. The number of rotatable bonds is 3. The van der Waals surface area contributed by atoms with Gasteiger partial charge in [-0.1, -0.05) is 0 Å². The largest absolute Gasteiger partial charge is 0.391 e. The Morgan fingerprint density at radius 2 is 1.68 bits per heavy atom. The number of nitrogens with zero attached hydrogens (tertiary/aromatic N) is 7. The number of aromatic nitrogens is 6. The molecule has 0 bridgehead atoms. The molecular weight excluding hydrogens is 447 g/mol. The maximum absolute atomic E-state index is 12.9. The Morgan fingerprint density at radius 1 is 0.971 bits per heavy atom. The van der Waals surface area contributed by atoms with Gasteiger partial charge in [0.15, 0.2) is 5.65 Å². The minimum Gasteiger partial charge on any atom is -0.378 e. The SMILES string of the molecule is Cc1nc2nc(N3CCOCC3)nc(C3CC(C(F)(F)F)C3)c2nc1C.c1cnn(C2CC2)c1. The van der Waals surface area contributed by atoms with Crippen molar-refractivity contribution >= 4 is 17.1 Å². The number of alkyl halides is 3. The van der Waals surface area contributed by atoms with Crippen molar-refractivity contribution in [2.45, 2.75) is 57.7 Å². The summed E-state index contributed by atoms with van der Waals surface area (Å²) in [6.07, 6.45) is 2.45. The van der Waals surface area contributed by atoms with Crippen LogP contribution in [0.3, 0.4) is 0 Å². The average molecular weight is 476 g/mol. The van der Waals surface area contributed by atoms with Gasteiger partial charge in [-0.2, -0.15) is 23.3 Å². The van der Waals surface area contributed by atoms with Crippen LogP contribution in [0.5, 0.6) is 0 Å². The van der Waals surface area contributed by atoms with Crippen LogP contribution in [-0.2, 0) is 4.74 Å². The van der Waals surface area contributed by atoms with E-state index in [0.29, 0.717) is 49.1 Å². The number of morpholine rings is 1. The zero-order valence-electron chi connectivity index (χ0n) is 19.3. The molecule has 3 aliphatic rings. The summed E-state index contributed by atoms with van der Waals surface area (Å²) in [5.74, 6) is -1.02. The molecule has 0 radical (unpaired) electrons. The van der Waals surface area contributed by atoms with E-state index in [4.69, 9.17) is 4.74 Å². The highest BCUT2D eigenvalue weighted by Gasteiger charge is 2.49. The normalized spacial score (nSPS) is 22.8. The van der Waals surface area contributed by atoms with Crippen molar-refractivity contribution in [3.63, 3.8) is 0 Å². The van der Waals surface area contributed by atoms with E-state index in [2.05, 4.69) is 25.0 Å². The Balaban J connectivity index is 0.000000252. The third-order valence-corrected chi connectivity index (χ3v) is 6.68. The highest BCUT2D eigenvalue weighted by atomic mass is 19.4. The predicted molar refractivity (Wildman–Crippen MR) is 120 cm³/mol. The second-order valence-electron chi connectivity index (χ2n) is 9.20. The van der Waals surface area contributed by atoms with Crippen molar-refractivity contribution in [2.24, 2.45) is 5.92 Å². The van der Waals surface area contributed by atoms with Crippen LogP contribution in [0, 0.1) is 19.8 Å². The van der Waals surface area contributed by atoms with Crippen LogP contribution in [0.1, 0.15) is 54.7 Å². The van der Waals surface area contributed by atoms with Crippen LogP contribution >= 0.6 is 0 Å². The predicted octanol–water partition coefficient (Wildman–Crippen LogP) is 4.15. The van der Waals surface area contributed by atoms with E-state index in [9.17, 15) is 13.2 Å².